The van der Waals surface area contributed by atoms with E-state index in [-0.39, 0.29) is 5.41 Å². The van der Waals surface area contributed by atoms with E-state index in [0.29, 0.717) is 11.8 Å². The lowest BCUT2D eigenvalue weighted by atomic mass is 9.56. The van der Waals surface area contributed by atoms with Gasteiger partial charge in [-0.1, -0.05) is 154 Å². The van der Waals surface area contributed by atoms with Crippen LogP contribution in [-0.2, 0) is 0 Å². The van der Waals surface area contributed by atoms with Gasteiger partial charge in [0.25, 0.3) is 0 Å². The van der Waals surface area contributed by atoms with Crippen LogP contribution >= 0.6 is 0 Å². The van der Waals surface area contributed by atoms with Crippen molar-refractivity contribution in [2.45, 2.75) is 46.5 Å². The molecule has 0 heterocycles. The highest BCUT2D eigenvalue weighted by Gasteiger charge is 2.45. The molecule has 0 aromatic heterocycles. The predicted molar refractivity (Wildman–Crippen MR) is 233 cm³/mol. The van der Waals surface area contributed by atoms with E-state index >= 15 is 0 Å². The van der Waals surface area contributed by atoms with Gasteiger partial charge in [-0.25, -0.2) is 0 Å². The quantitative estimate of drug-likeness (QED) is 0.121. The smallest absolute Gasteiger partial charge is 0.00199 e. The van der Waals surface area contributed by atoms with Gasteiger partial charge in [0.15, 0.2) is 0 Å². The molecule has 260 valence electrons. The summed E-state index contributed by atoms with van der Waals surface area (Å²) in [5.41, 5.74) is 14.1. The maximum Gasteiger partial charge on any atom is -0.00199 e. The number of allylic oxidation sites excluding steroid dienone is 6. The minimum Gasteiger partial charge on any atom is -0.0985 e. The van der Waals surface area contributed by atoms with Crippen LogP contribution in [0.25, 0.3) is 78.4 Å². The highest BCUT2D eigenvalue weighted by Crippen LogP contribution is 2.57. The molecule has 9 rings (SSSR count). The number of fused-ring (bicyclic) bond motifs is 7. The topological polar surface area (TPSA) is 0 Å². The largest absolute Gasteiger partial charge is 0.0985 e. The fourth-order valence-corrected chi connectivity index (χ4v) is 10.2. The number of hydrogen-bond donors (Lipinski definition) is 0. The molecule has 3 aliphatic carbocycles. The van der Waals surface area contributed by atoms with Crippen LogP contribution in [0.1, 0.15) is 67.3 Å². The molecule has 1 saturated carbocycles. The third kappa shape index (κ3) is 5.26. The number of aryl methyl sites for hydroxylation is 1. The average Bonchev–Trinajstić information content (AvgIpc) is 3.44. The Morgan fingerprint density at radius 1 is 0.660 bits per heavy atom. The summed E-state index contributed by atoms with van der Waals surface area (Å²) in [5.74, 6) is 1.96. The van der Waals surface area contributed by atoms with Gasteiger partial charge in [-0.3, -0.25) is 0 Å². The van der Waals surface area contributed by atoms with E-state index in [1.807, 2.05) is 18.2 Å². The summed E-state index contributed by atoms with van der Waals surface area (Å²) in [6.45, 7) is 19.6. The first-order valence-electron chi connectivity index (χ1n) is 19.4. The molecule has 3 aliphatic rings. The summed E-state index contributed by atoms with van der Waals surface area (Å²) in [7, 11) is 0. The lowest BCUT2D eigenvalue weighted by molar-refractivity contribution is 0.148. The van der Waals surface area contributed by atoms with Gasteiger partial charge in [-0.15, -0.1) is 0 Å². The van der Waals surface area contributed by atoms with E-state index in [4.69, 9.17) is 0 Å². The molecule has 0 heteroatoms. The van der Waals surface area contributed by atoms with E-state index in [1.54, 1.807) is 5.57 Å². The summed E-state index contributed by atoms with van der Waals surface area (Å²) < 4.78 is 0. The van der Waals surface area contributed by atoms with Gasteiger partial charge < -0.3 is 0 Å². The van der Waals surface area contributed by atoms with E-state index < -0.39 is 0 Å². The normalized spacial score (nSPS) is 20.4. The van der Waals surface area contributed by atoms with E-state index in [9.17, 15) is 0 Å². The summed E-state index contributed by atoms with van der Waals surface area (Å²) in [4.78, 5) is 0. The molecule has 3 unspecified atom stereocenters. The predicted octanol–water partition coefficient (Wildman–Crippen LogP) is 15.1. The molecule has 3 atom stereocenters. The average molecular weight is 685 g/mol. The SMILES string of the molecule is C=Cc1ccc(-c2ccc3c(-c4cc(C=C)c(C)c5ccccc45)c4ccccc4c(C4=CCC5C(=C4)C(C)(C)C4C=CCCC5C4)c3c2)cc1C=C. The maximum absolute atomic E-state index is 4.25. The second-order valence-electron chi connectivity index (χ2n) is 16.1. The molecular formula is C53H48. The Morgan fingerprint density at radius 3 is 2.08 bits per heavy atom. The zero-order valence-electron chi connectivity index (χ0n) is 31.4. The van der Waals surface area contributed by atoms with Crippen molar-refractivity contribution in [2.24, 2.45) is 23.2 Å². The Balaban J connectivity index is 1.37. The first kappa shape index (κ1) is 33.4. The monoisotopic (exact) mass is 684 g/mol. The Labute approximate surface area is 315 Å². The Hall–Kier alpha value is -5.46. The zero-order chi connectivity index (χ0) is 36.4. The number of hydrogen-bond acceptors (Lipinski definition) is 0. The van der Waals surface area contributed by atoms with Crippen LogP contribution in [0.4, 0.5) is 0 Å². The fourth-order valence-electron chi connectivity index (χ4n) is 10.2. The lowest BCUT2D eigenvalue weighted by Gasteiger charge is -2.49. The Bertz CT molecular complexity index is 2610. The van der Waals surface area contributed by atoms with E-state index in [2.05, 4.69) is 156 Å². The van der Waals surface area contributed by atoms with Crippen LogP contribution in [0.15, 0.2) is 141 Å². The van der Waals surface area contributed by atoms with Crippen molar-refractivity contribution >= 4 is 56.1 Å². The number of rotatable bonds is 6. The van der Waals surface area contributed by atoms with Crippen LogP contribution in [0.3, 0.4) is 0 Å². The van der Waals surface area contributed by atoms with Crippen molar-refractivity contribution in [2.75, 3.05) is 0 Å². The second kappa shape index (κ2) is 12.9. The van der Waals surface area contributed by atoms with E-state index in [1.165, 1.54) is 96.1 Å². The van der Waals surface area contributed by atoms with Crippen molar-refractivity contribution in [1.29, 1.82) is 0 Å². The molecule has 1 fully saturated rings. The van der Waals surface area contributed by atoms with Crippen LogP contribution in [0.2, 0.25) is 0 Å². The van der Waals surface area contributed by atoms with Crippen molar-refractivity contribution in [3.05, 3.63) is 168 Å². The standard InChI is InChI=1S/C53H48/c1-7-34-22-23-37(28-36(34)9-3)38-24-27-47-49(31-38)51(40-25-26-43-39-16-10-11-17-41(29-39)53(5,6)50(43)32-40)45-20-14-15-21-46(45)52(47)48-30-35(8-2)33(4)42-18-12-13-19-44(42)48/h7-9,11-15,17-25,27-28,30-32,39,41,43H,1-3,10,16,26,29H2,4-6H3. The Kier molecular flexibility index (Phi) is 8.12. The third-order valence-electron chi connectivity index (χ3n) is 13.2. The Morgan fingerprint density at radius 2 is 1.32 bits per heavy atom. The second-order valence-corrected chi connectivity index (χ2v) is 16.1. The van der Waals surface area contributed by atoms with Gasteiger partial charge >= 0.3 is 0 Å². The van der Waals surface area contributed by atoms with Gasteiger partial charge in [-0.2, -0.15) is 0 Å². The summed E-state index contributed by atoms with van der Waals surface area (Å²) in [6, 6.07) is 34.2. The van der Waals surface area contributed by atoms with Crippen LogP contribution in [-0.4, -0.2) is 0 Å². The lowest BCUT2D eigenvalue weighted by Crippen LogP contribution is -2.39. The molecular weight excluding hydrogens is 637 g/mol. The molecule has 0 N–H and O–H groups in total. The molecule has 0 radical (unpaired) electrons. The molecule has 0 spiro atoms. The highest BCUT2D eigenvalue weighted by atomic mass is 14.5. The molecule has 6 aromatic rings. The van der Waals surface area contributed by atoms with Crippen molar-refractivity contribution in [3.63, 3.8) is 0 Å². The zero-order valence-corrected chi connectivity index (χ0v) is 31.4. The molecule has 0 aliphatic heterocycles. The van der Waals surface area contributed by atoms with Crippen LogP contribution in [0, 0.1) is 30.1 Å². The molecule has 53 heavy (non-hydrogen) atoms. The number of benzene rings is 6. The van der Waals surface area contributed by atoms with Gasteiger partial charge in [-0.05, 0) is 162 Å². The first-order chi connectivity index (χ1) is 25.8. The van der Waals surface area contributed by atoms with Gasteiger partial charge in [0.2, 0.25) is 0 Å². The van der Waals surface area contributed by atoms with Crippen molar-refractivity contribution in [3.8, 4) is 22.3 Å². The molecule has 0 saturated heterocycles. The van der Waals surface area contributed by atoms with Gasteiger partial charge in [0.05, 0.1) is 0 Å². The minimum atomic E-state index is 0.119. The highest BCUT2D eigenvalue weighted by molar-refractivity contribution is 6.22. The molecule has 0 nitrogen and oxygen atoms in total. The summed E-state index contributed by atoms with van der Waals surface area (Å²) in [5, 5.41) is 7.71. The maximum atomic E-state index is 4.25. The first-order valence-corrected chi connectivity index (χ1v) is 19.4. The van der Waals surface area contributed by atoms with Crippen LogP contribution < -0.4 is 0 Å². The van der Waals surface area contributed by atoms with Crippen molar-refractivity contribution < 1.29 is 0 Å². The fraction of sp³-hybridized carbons (Fsp3) is 0.208. The molecule has 2 bridgehead atoms. The molecule has 6 aromatic carbocycles. The summed E-state index contributed by atoms with van der Waals surface area (Å²) in [6.07, 6.45) is 21.0. The van der Waals surface area contributed by atoms with E-state index in [0.717, 1.165) is 23.5 Å². The van der Waals surface area contributed by atoms with Crippen molar-refractivity contribution in [1.82, 2.24) is 0 Å². The van der Waals surface area contributed by atoms with Gasteiger partial charge in [0.1, 0.15) is 0 Å². The molecule has 0 amide bonds. The summed E-state index contributed by atoms with van der Waals surface area (Å²) >= 11 is 0. The van der Waals surface area contributed by atoms with Gasteiger partial charge in [0, 0.05) is 0 Å². The third-order valence-corrected chi connectivity index (χ3v) is 13.2. The minimum absolute atomic E-state index is 0.119. The van der Waals surface area contributed by atoms with Crippen LogP contribution in [0.5, 0.6) is 0 Å².